The Labute approximate surface area is 150 Å². The van der Waals surface area contributed by atoms with Gasteiger partial charge >= 0.3 is 6.03 Å². The van der Waals surface area contributed by atoms with Gasteiger partial charge < -0.3 is 10.2 Å². The van der Waals surface area contributed by atoms with Gasteiger partial charge in [0.25, 0.3) is 0 Å². The summed E-state index contributed by atoms with van der Waals surface area (Å²) in [5, 5.41) is 2.71. The van der Waals surface area contributed by atoms with Crippen LogP contribution in [0.1, 0.15) is 39.2 Å². The number of sulfonamides is 1. The number of hydrogen-bond donors (Lipinski definition) is 1. The molecule has 1 aromatic carbocycles. The van der Waals surface area contributed by atoms with Crippen molar-refractivity contribution in [1.29, 1.82) is 0 Å². The number of hydrogen-bond acceptors (Lipinski definition) is 3. The van der Waals surface area contributed by atoms with Gasteiger partial charge in [0.05, 0.1) is 5.25 Å². The van der Waals surface area contributed by atoms with Crippen LogP contribution in [0.4, 0.5) is 10.5 Å². The van der Waals surface area contributed by atoms with Gasteiger partial charge in [-0.2, -0.15) is 4.31 Å². The van der Waals surface area contributed by atoms with Gasteiger partial charge in [-0.05, 0) is 36.0 Å². The first-order valence-electron chi connectivity index (χ1n) is 8.83. The molecular weight excluding hydrogens is 338 g/mol. The van der Waals surface area contributed by atoms with E-state index in [-0.39, 0.29) is 16.7 Å². The second-order valence-electron chi connectivity index (χ2n) is 7.89. The minimum atomic E-state index is -3.14. The molecule has 0 unspecified atom stereocenters. The summed E-state index contributed by atoms with van der Waals surface area (Å²) in [5.41, 5.74) is 2.04. The van der Waals surface area contributed by atoms with Gasteiger partial charge in [0.15, 0.2) is 0 Å². The lowest BCUT2D eigenvalue weighted by molar-refractivity contribution is 0.184. The van der Waals surface area contributed by atoms with E-state index in [9.17, 15) is 13.2 Å². The van der Waals surface area contributed by atoms with Crippen molar-refractivity contribution in [1.82, 2.24) is 9.21 Å². The minimum absolute atomic E-state index is 0.0753. The van der Waals surface area contributed by atoms with Crippen molar-refractivity contribution in [3.05, 3.63) is 29.8 Å². The predicted octanol–water partition coefficient (Wildman–Crippen LogP) is 2.63. The number of piperazine rings is 1. The zero-order valence-corrected chi connectivity index (χ0v) is 16.0. The highest BCUT2D eigenvalue weighted by molar-refractivity contribution is 7.90. The summed E-state index contributed by atoms with van der Waals surface area (Å²) in [6.07, 6.45) is 1.54. The largest absolute Gasteiger partial charge is 0.322 e. The van der Waals surface area contributed by atoms with Crippen molar-refractivity contribution >= 4 is 21.7 Å². The Balaban J connectivity index is 1.54. The smallest absolute Gasteiger partial charge is 0.321 e. The van der Waals surface area contributed by atoms with Crippen LogP contribution in [0.5, 0.6) is 0 Å². The van der Waals surface area contributed by atoms with E-state index >= 15 is 0 Å². The maximum absolute atomic E-state index is 12.4. The number of urea groups is 1. The molecule has 0 atom stereocenters. The van der Waals surface area contributed by atoms with Crippen LogP contribution in [0.25, 0.3) is 0 Å². The fraction of sp³-hybridized carbons (Fsp3) is 0.611. The number of carbonyl (C=O) groups excluding carboxylic acids is 1. The number of amides is 2. The molecule has 1 heterocycles. The van der Waals surface area contributed by atoms with E-state index in [1.54, 1.807) is 4.90 Å². The van der Waals surface area contributed by atoms with Gasteiger partial charge in [0.1, 0.15) is 0 Å². The average molecular weight is 365 g/mol. The monoisotopic (exact) mass is 365 g/mol. The van der Waals surface area contributed by atoms with Crippen molar-refractivity contribution in [2.45, 2.75) is 44.3 Å². The molecule has 1 saturated heterocycles. The molecule has 1 aliphatic heterocycles. The molecule has 1 N–H and O–H groups in total. The number of anilines is 1. The van der Waals surface area contributed by atoms with Crippen LogP contribution in [0.15, 0.2) is 24.3 Å². The molecule has 1 saturated carbocycles. The Morgan fingerprint density at radius 3 is 2.08 bits per heavy atom. The molecule has 2 fully saturated rings. The molecule has 0 aromatic heterocycles. The number of nitrogens with one attached hydrogen (secondary N) is 1. The number of benzene rings is 1. The van der Waals surface area contributed by atoms with Crippen molar-refractivity contribution in [2.75, 3.05) is 31.5 Å². The van der Waals surface area contributed by atoms with Crippen molar-refractivity contribution in [2.24, 2.45) is 0 Å². The standard InChI is InChI=1S/C18H27N3O3S/c1-18(2,3)14-4-6-15(7-5-14)19-17(22)20-10-12-21(13-11-20)25(23,24)16-8-9-16/h4-7,16H,8-13H2,1-3H3,(H,19,22). The van der Waals surface area contributed by atoms with Gasteiger partial charge in [0, 0.05) is 31.9 Å². The molecule has 2 amide bonds. The van der Waals surface area contributed by atoms with E-state index in [4.69, 9.17) is 0 Å². The van der Waals surface area contributed by atoms with Gasteiger partial charge in [-0.15, -0.1) is 0 Å². The first-order valence-corrected chi connectivity index (χ1v) is 10.3. The Kier molecular flexibility index (Phi) is 4.81. The van der Waals surface area contributed by atoms with Crippen LogP contribution in [0.2, 0.25) is 0 Å². The normalized spacial score (nSPS) is 19.7. The van der Waals surface area contributed by atoms with Gasteiger partial charge in [0.2, 0.25) is 10.0 Å². The molecule has 6 nitrogen and oxygen atoms in total. The second-order valence-corrected chi connectivity index (χ2v) is 10.1. The number of carbonyl (C=O) groups is 1. The highest BCUT2D eigenvalue weighted by atomic mass is 32.2. The summed E-state index contributed by atoms with van der Waals surface area (Å²) in [5.74, 6) is 0. The summed E-state index contributed by atoms with van der Waals surface area (Å²) in [4.78, 5) is 14.1. The van der Waals surface area contributed by atoms with E-state index in [0.29, 0.717) is 26.2 Å². The molecule has 0 spiro atoms. The zero-order valence-electron chi connectivity index (χ0n) is 15.2. The van der Waals surface area contributed by atoms with Gasteiger partial charge in [-0.1, -0.05) is 32.9 Å². The molecule has 1 aromatic rings. The summed E-state index contributed by atoms with van der Waals surface area (Å²) in [7, 11) is -3.14. The van der Waals surface area contributed by atoms with Crippen LogP contribution in [0, 0.1) is 0 Å². The quantitative estimate of drug-likeness (QED) is 0.895. The fourth-order valence-corrected chi connectivity index (χ4v) is 4.80. The first kappa shape index (κ1) is 18.2. The zero-order chi connectivity index (χ0) is 18.2. The molecule has 7 heteroatoms. The lowest BCUT2D eigenvalue weighted by Crippen LogP contribution is -2.52. The van der Waals surface area contributed by atoms with E-state index in [2.05, 4.69) is 26.1 Å². The Bertz CT molecular complexity index is 726. The van der Waals surface area contributed by atoms with Crippen LogP contribution in [0.3, 0.4) is 0 Å². The van der Waals surface area contributed by atoms with Crippen molar-refractivity contribution in [3.8, 4) is 0 Å². The summed E-state index contributed by atoms with van der Waals surface area (Å²) < 4.78 is 26.0. The van der Waals surface area contributed by atoms with Crippen molar-refractivity contribution in [3.63, 3.8) is 0 Å². The van der Waals surface area contributed by atoms with Crippen LogP contribution in [-0.4, -0.2) is 55.1 Å². The van der Waals surface area contributed by atoms with Crippen LogP contribution >= 0.6 is 0 Å². The van der Waals surface area contributed by atoms with E-state index in [1.165, 1.54) is 9.87 Å². The molecule has 0 bridgehead atoms. The van der Waals surface area contributed by atoms with E-state index in [0.717, 1.165) is 18.5 Å². The van der Waals surface area contributed by atoms with E-state index < -0.39 is 10.0 Å². The lowest BCUT2D eigenvalue weighted by atomic mass is 9.87. The Hall–Kier alpha value is -1.60. The first-order chi connectivity index (χ1) is 11.7. The molecule has 138 valence electrons. The Morgan fingerprint density at radius 2 is 1.60 bits per heavy atom. The summed E-state index contributed by atoms with van der Waals surface area (Å²) in [6.45, 7) is 8.07. The fourth-order valence-electron chi connectivity index (χ4n) is 2.98. The molecular formula is C18H27N3O3S. The maximum Gasteiger partial charge on any atom is 0.321 e. The average Bonchev–Trinajstić information content (AvgIpc) is 3.40. The summed E-state index contributed by atoms with van der Waals surface area (Å²) >= 11 is 0. The maximum atomic E-state index is 12.4. The minimum Gasteiger partial charge on any atom is -0.322 e. The number of rotatable bonds is 3. The Morgan fingerprint density at radius 1 is 1.04 bits per heavy atom. The van der Waals surface area contributed by atoms with Crippen LogP contribution in [-0.2, 0) is 15.4 Å². The van der Waals surface area contributed by atoms with Crippen molar-refractivity contribution < 1.29 is 13.2 Å². The highest BCUT2D eigenvalue weighted by Crippen LogP contribution is 2.31. The number of nitrogens with zero attached hydrogens (tertiary/aromatic N) is 2. The third-order valence-corrected chi connectivity index (χ3v) is 7.23. The molecule has 25 heavy (non-hydrogen) atoms. The summed E-state index contributed by atoms with van der Waals surface area (Å²) in [6, 6.07) is 7.69. The van der Waals surface area contributed by atoms with E-state index in [1.807, 2.05) is 24.3 Å². The SMILES string of the molecule is CC(C)(C)c1ccc(NC(=O)N2CCN(S(=O)(=O)C3CC3)CC2)cc1. The highest BCUT2D eigenvalue weighted by Gasteiger charge is 2.41. The van der Waals surface area contributed by atoms with Gasteiger partial charge in [-0.3, -0.25) is 0 Å². The lowest BCUT2D eigenvalue weighted by Gasteiger charge is -2.34. The molecule has 1 aliphatic carbocycles. The predicted molar refractivity (Wildman–Crippen MR) is 99.2 cm³/mol. The molecule has 0 radical (unpaired) electrons. The topological polar surface area (TPSA) is 69.7 Å². The van der Waals surface area contributed by atoms with Crippen LogP contribution < -0.4 is 5.32 Å². The third-order valence-electron chi connectivity index (χ3n) is 4.83. The molecule has 3 rings (SSSR count). The second kappa shape index (κ2) is 6.61. The third kappa shape index (κ3) is 4.15. The van der Waals surface area contributed by atoms with Gasteiger partial charge in [-0.25, -0.2) is 13.2 Å². The molecule has 2 aliphatic rings.